The topological polar surface area (TPSA) is 88.6 Å². The third-order valence-corrected chi connectivity index (χ3v) is 8.79. The van der Waals surface area contributed by atoms with Crippen molar-refractivity contribution in [2.24, 2.45) is 7.05 Å². The molecule has 3 aromatic heterocycles. The van der Waals surface area contributed by atoms with E-state index >= 15 is 0 Å². The van der Waals surface area contributed by atoms with Crippen LogP contribution in [0.2, 0.25) is 5.02 Å². The van der Waals surface area contributed by atoms with Crippen LogP contribution in [0.5, 0.6) is 11.6 Å². The summed E-state index contributed by atoms with van der Waals surface area (Å²) < 4.78 is 8.68. The number of pyridine rings is 2. The van der Waals surface area contributed by atoms with Gasteiger partial charge in [-0.1, -0.05) is 17.7 Å². The van der Waals surface area contributed by atoms with Crippen molar-refractivity contribution in [3.63, 3.8) is 0 Å². The lowest BCUT2D eigenvalue weighted by atomic mass is 9.99. The molecule has 2 fully saturated rings. The van der Waals surface area contributed by atoms with E-state index in [0.717, 1.165) is 24.5 Å². The third-order valence-electron chi connectivity index (χ3n) is 8.48. The number of methoxy groups -OCH3 is 1. The first-order valence-electron chi connectivity index (χ1n) is 14.3. The van der Waals surface area contributed by atoms with Crippen LogP contribution in [0.1, 0.15) is 39.3 Å². The Morgan fingerprint density at radius 2 is 1.74 bits per heavy atom. The Labute approximate surface area is 251 Å². The minimum Gasteiger partial charge on any atom is -0.505 e. The van der Waals surface area contributed by atoms with Gasteiger partial charge in [0.25, 0.3) is 0 Å². The van der Waals surface area contributed by atoms with Crippen molar-refractivity contribution < 1.29 is 9.84 Å². The van der Waals surface area contributed by atoms with E-state index < -0.39 is 0 Å². The van der Waals surface area contributed by atoms with E-state index in [1.807, 2.05) is 25.1 Å². The number of imidazole rings is 1. The van der Waals surface area contributed by atoms with Gasteiger partial charge in [0.15, 0.2) is 0 Å². The minimum absolute atomic E-state index is 0.0387. The van der Waals surface area contributed by atoms with Crippen LogP contribution in [0, 0.1) is 6.92 Å². The predicted octanol–water partition coefficient (Wildman–Crippen LogP) is 5.43. The fourth-order valence-electron chi connectivity index (χ4n) is 6.75. The first-order chi connectivity index (χ1) is 20.0. The Morgan fingerprint density at radius 1 is 1.02 bits per heavy atom. The van der Waals surface area contributed by atoms with E-state index in [2.05, 4.69) is 35.6 Å². The van der Waals surface area contributed by atoms with Crippen molar-refractivity contribution in [3.8, 4) is 39.7 Å². The monoisotopic (exact) mass is 588 g/mol. The molecule has 2 bridgehead atoms. The number of piperazine rings is 1. The second-order valence-electron chi connectivity index (χ2n) is 12.4. The van der Waals surface area contributed by atoms with Crippen LogP contribution >= 0.6 is 11.6 Å². The van der Waals surface area contributed by atoms with Crippen molar-refractivity contribution in [1.82, 2.24) is 24.0 Å². The molecule has 1 N–H and O–H groups in total. The third kappa shape index (κ3) is 4.84. The molecule has 2 aliphatic rings. The summed E-state index contributed by atoms with van der Waals surface area (Å²) in [5, 5.41) is 11.9. The molecule has 4 aromatic rings. The van der Waals surface area contributed by atoms with Crippen LogP contribution < -0.4 is 15.3 Å². The highest BCUT2D eigenvalue weighted by Crippen LogP contribution is 2.43. The molecule has 0 aliphatic carbocycles. The van der Waals surface area contributed by atoms with Gasteiger partial charge >= 0.3 is 5.69 Å². The van der Waals surface area contributed by atoms with Gasteiger partial charge in [-0.15, -0.1) is 0 Å². The molecule has 5 heterocycles. The maximum atomic E-state index is 12.5. The summed E-state index contributed by atoms with van der Waals surface area (Å²) in [6, 6.07) is 10.2. The van der Waals surface area contributed by atoms with Crippen molar-refractivity contribution in [2.75, 3.05) is 25.1 Å². The van der Waals surface area contributed by atoms with Crippen molar-refractivity contribution >= 4 is 17.3 Å². The molecule has 0 spiro atoms. The maximum absolute atomic E-state index is 12.5. The van der Waals surface area contributed by atoms with Gasteiger partial charge in [-0.3, -0.25) is 9.47 Å². The zero-order chi connectivity index (χ0) is 29.9. The summed E-state index contributed by atoms with van der Waals surface area (Å²) in [6.45, 7) is 10.6. The normalized spacial score (nSPS) is 19.0. The van der Waals surface area contributed by atoms with Crippen molar-refractivity contribution in [2.45, 2.75) is 58.2 Å². The van der Waals surface area contributed by atoms with Gasteiger partial charge in [-0.2, -0.15) is 0 Å². The number of fused-ring (bicyclic) bond motifs is 2. The molecule has 0 saturated carbocycles. The highest BCUT2D eigenvalue weighted by atomic mass is 35.5. The second-order valence-corrected chi connectivity index (χ2v) is 12.8. The number of aryl methyl sites for hydroxylation is 2. The number of halogens is 1. The number of rotatable bonds is 5. The molecular formula is C32H37ClN6O3. The van der Waals surface area contributed by atoms with Crippen LogP contribution in [-0.2, 0) is 7.05 Å². The van der Waals surface area contributed by atoms with Crippen LogP contribution in [0.3, 0.4) is 0 Å². The summed E-state index contributed by atoms with van der Waals surface area (Å²) in [5.41, 5.74) is 4.61. The van der Waals surface area contributed by atoms with Crippen LogP contribution in [0.4, 0.5) is 5.69 Å². The fraction of sp³-hybridized carbons (Fsp3) is 0.406. The van der Waals surface area contributed by atoms with Gasteiger partial charge in [0.1, 0.15) is 17.1 Å². The average molecular weight is 589 g/mol. The summed E-state index contributed by atoms with van der Waals surface area (Å²) in [5.74, 6) is 0.602. The lowest BCUT2D eigenvalue weighted by Gasteiger charge is -2.48. The maximum Gasteiger partial charge on any atom is 0.332 e. The zero-order valence-electron chi connectivity index (χ0n) is 24.9. The first-order valence-corrected chi connectivity index (χ1v) is 14.7. The number of nitrogens with zero attached hydrogens (tertiary/aromatic N) is 6. The lowest BCUT2D eigenvalue weighted by molar-refractivity contribution is 0.0634. The summed E-state index contributed by atoms with van der Waals surface area (Å²) >= 11 is 6.65. The average Bonchev–Trinajstić information content (AvgIpc) is 3.44. The molecule has 0 radical (unpaired) electrons. The number of aromatic nitrogens is 4. The quantitative estimate of drug-likeness (QED) is 0.333. The van der Waals surface area contributed by atoms with Crippen molar-refractivity contribution in [3.05, 3.63) is 70.1 Å². The molecule has 2 aliphatic heterocycles. The van der Waals surface area contributed by atoms with Crippen LogP contribution in [-0.4, -0.2) is 66.9 Å². The lowest BCUT2D eigenvalue weighted by Crippen LogP contribution is -2.60. The molecule has 42 heavy (non-hydrogen) atoms. The van der Waals surface area contributed by atoms with Crippen molar-refractivity contribution in [1.29, 1.82) is 0 Å². The van der Waals surface area contributed by atoms with Gasteiger partial charge in [-0.05, 0) is 70.4 Å². The predicted molar refractivity (Wildman–Crippen MR) is 166 cm³/mol. The summed E-state index contributed by atoms with van der Waals surface area (Å²) in [6.07, 6.45) is 7.42. The summed E-state index contributed by atoms with van der Waals surface area (Å²) in [7, 11) is 3.33. The largest absolute Gasteiger partial charge is 0.505 e. The standard InChI is InChI=1S/C32H37ClN6O3/c1-19-13-24(20-7-10-26(25(33)14-20)38-12-11-36(5)31(38)41)29(40)28(35-19)21-15-27(30(42-6)34-16-21)37-17-22-8-9-23(18-37)39(22)32(2,3)4/h7,10-16,22-23,40H,8-9,17-18H2,1-6H3. The zero-order valence-corrected chi connectivity index (χ0v) is 25.7. The smallest absolute Gasteiger partial charge is 0.332 e. The van der Waals surface area contributed by atoms with Gasteiger partial charge in [-0.25, -0.2) is 14.8 Å². The van der Waals surface area contributed by atoms with E-state index in [4.69, 9.17) is 21.3 Å². The molecule has 1 aromatic carbocycles. The number of ether oxygens (including phenoxy) is 1. The number of hydrogen-bond donors (Lipinski definition) is 1. The highest BCUT2D eigenvalue weighted by molar-refractivity contribution is 6.32. The van der Waals surface area contributed by atoms with Gasteiger partial charge in [0.05, 0.1) is 17.8 Å². The Kier molecular flexibility index (Phi) is 7.06. The van der Waals surface area contributed by atoms with Gasteiger partial charge in [0, 0.05) is 73.2 Å². The van der Waals surface area contributed by atoms with E-state index in [9.17, 15) is 9.90 Å². The SMILES string of the molecule is COc1ncc(-c2nc(C)cc(-c3ccc(-n4ccn(C)c4=O)c(Cl)c3)c2O)cc1N1CC2CCC(C1)N2C(C)(C)C. The molecule has 0 amide bonds. The molecular weight excluding hydrogens is 552 g/mol. The van der Waals surface area contributed by atoms with Gasteiger partial charge < -0.3 is 19.3 Å². The minimum atomic E-state index is -0.190. The Hall–Kier alpha value is -3.82. The fourth-order valence-corrected chi connectivity index (χ4v) is 7.03. The Bertz CT molecular complexity index is 1710. The van der Waals surface area contributed by atoms with E-state index in [0.29, 0.717) is 51.1 Å². The molecule has 220 valence electrons. The summed E-state index contributed by atoms with van der Waals surface area (Å²) in [4.78, 5) is 26.9. The molecule has 10 heteroatoms. The first kappa shape index (κ1) is 28.3. The number of anilines is 1. The van der Waals surface area contributed by atoms with E-state index in [1.165, 1.54) is 22.0 Å². The second kappa shape index (κ2) is 10.5. The Balaban J connectivity index is 1.37. The molecule has 2 saturated heterocycles. The molecule has 9 nitrogen and oxygen atoms in total. The van der Waals surface area contributed by atoms with Crippen LogP contribution in [0.15, 0.2) is 53.7 Å². The van der Waals surface area contributed by atoms with E-state index in [1.54, 1.807) is 44.9 Å². The number of aromatic hydroxyl groups is 1. The molecule has 6 rings (SSSR count). The molecule has 2 unspecified atom stereocenters. The van der Waals surface area contributed by atoms with E-state index in [-0.39, 0.29) is 17.0 Å². The number of hydrogen-bond acceptors (Lipinski definition) is 7. The van der Waals surface area contributed by atoms with Crippen LogP contribution in [0.25, 0.3) is 28.1 Å². The Morgan fingerprint density at radius 3 is 2.33 bits per heavy atom. The van der Waals surface area contributed by atoms with Gasteiger partial charge in [0.2, 0.25) is 5.88 Å². The highest BCUT2D eigenvalue weighted by Gasteiger charge is 2.45. The number of benzene rings is 1. The molecule has 2 atom stereocenters.